The summed E-state index contributed by atoms with van der Waals surface area (Å²) in [7, 11) is 0. The molecule has 0 spiro atoms. The number of anilines is 1. The average molecular weight is 255 g/mol. The fourth-order valence-electron chi connectivity index (χ4n) is 2.93. The molecule has 1 fully saturated rings. The van der Waals surface area contributed by atoms with Gasteiger partial charge < -0.3 is 10.6 Å². The molecule has 0 radical (unpaired) electrons. The minimum atomic E-state index is 0.549. The van der Waals surface area contributed by atoms with Crippen molar-refractivity contribution in [3.8, 4) is 0 Å². The smallest absolute Gasteiger partial charge is 0.136 e. The Kier molecular flexibility index (Phi) is 3.65. The molecule has 2 N–H and O–H groups in total. The van der Waals surface area contributed by atoms with Crippen molar-refractivity contribution in [1.82, 2.24) is 4.98 Å². The molecule has 0 unspecified atom stereocenters. The summed E-state index contributed by atoms with van der Waals surface area (Å²) in [6, 6.07) is 8.49. The van der Waals surface area contributed by atoms with Crippen LogP contribution in [0, 0.1) is 0 Å². The molecule has 0 amide bonds. The van der Waals surface area contributed by atoms with Crippen LogP contribution in [0.3, 0.4) is 0 Å². The maximum absolute atomic E-state index is 5.82. The molecule has 1 aromatic heterocycles. The molecule has 0 aliphatic carbocycles. The summed E-state index contributed by atoms with van der Waals surface area (Å²) in [4.78, 5) is 7.13. The molecule has 1 aliphatic rings. The van der Waals surface area contributed by atoms with E-state index in [-0.39, 0.29) is 0 Å². The first-order valence-corrected chi connectivity index (χ1v) is 7.22. The van der Waals surface area contributed by atoms with E-state index in [0.29, 0.717) is 6.54 Å². The molecule has 19 heavy (non-hydrogen) atoms. The van der Waals surface area contributed by atoms with Crippen molar-refractivity contribution in [3.63, 3.8) is 0 Å². The predicted octanol–water partition coefficient (Wildman–Crippen LogP) is 3.07. The highest BCUT2D eigenvalue weighted by molar-refractivity contribution is 5.94. The van der Waals surface area contributed by atoms with Gasteiger partial charge in [-0.15, -0.1) is 0 Å². The molecule has 1 aromatic carbocycles. The van der Waals surface area contributed by atoms with Gasteiger partial charge in [-0.1, -0.05) is 37.1 Å². The minimum absolute atomic E-state index is 0.549. The van der Waals surface area contributed by atoms with Crippen LogP contribution < -0.4 is 10.6 Å². The van der Waals surface area contributed by atoms with E-state index in [9.17, 15) is 0 Å². The molecule has 100 valence electrons. The number of rotatable bonds is 2. The Bertz CT molecular complexity index is 557. The van der Waals surface area contributed by atoms with Gasteiger partial charge >= 0.3 is 0 Å². The second-order valence-electron chi connectivity index (χ2n) is 5.26. The normalized spacial score (nSPS) is 16.6. The first kappa shape index (κ1) is 12.4. The van der Waals surface area contributed by atoms with Crippen LogP contribution in [-0.4, -0.2) is 18.1 Å². The first-order valence-electron chi connectivity index (χ1n) is 7.22. The fraction of sp³-hybridized carbons (Fsp3) is 0.438. The summed E-state index contributed by atoms with van der Waals surface area (Å²) >= 11 is 0. The Morgan fingerprint density at radius 1 is 1.00 bits per heavy atom. The molecule has 3 heteroatoms. The summed E-state index contributed by atoms with van der Waals surface area (Å²) in [5.41, 5.74) is 6.95. The standard InChI is InChI=1S/C16H21N3/c17-11-13-12-18-16(15-8-4-3-7-14(13)15)19-9-5-1-2-6-10-19/h3-4,7-8,12H,1-2,5-6,9-11,17H2. The third-order valence-corrected chi connectivity index (χ3v) is 3.98. The zero-order valence-corrected chi connectivity index (χ0v) is 11.3. The van der Waals surface area contributed by atoms with E-state index in [4.69, 9.17) is 5.73 Å². The van der Waals surface area contributed by atoms with Crippen molar-refractivity contribution in [2.75, 3.05) is 18.0 Å². The van der Waals surface area contributed by atoms with Gasteiger partial charge in [0, 0.05) is 31.2 Å². The van der Waals surface area contributed by atoms with Gasteiger partial charge in [0.2, 0.25) is 0 Å². The fourth-order valence-corrected chi connectivity index (χ4v) is 2.93. The zero-order valence-electron chi connectivity index (χ0n) is 11.3. The van der Waals surface area contributed by atoms with E-state index >= 15 is 0 Å². The Morgan fingerprint density at radius 3 is 2.37 bits per heavy atom. The van der Waals surface area contributed by atoms with Crippen molar-refractivity contribution in [3.05, 3.63) is 36.0 Å². The number of aromatic nitrogens is 1. The molecular formula is C16H21N3. The van der Waals surface area contributed by atoms with Gasteiger partial charge in [-0.2, -0.15) is 0 Å². The number of nitrogens with zero attached hydrogens (tertiary/aromatic N) is 2. The number of pyridine rings is 1. The molecule has 0 saturated carbocycles. The van der Waals surface area contributed by atoms with Crippen LogP contribution in [0.4, 0.5) is 5.82 Å². The van der Waals surface area contributed by atoms with Crippen molar-refractivity contribution in [1.29, 1.82) is 0 Å². The Morgan fingerprint density at radius 2 is 1.68 bits per heavy atom. The van der Waals surface area contributed by atoms with Crippen LogP contribution in [0.2, 0.25) is 0 Å². The highest BCUT2D eigenvalue weighted by Gasteiger charge is 2.14. The van der Waals surface area contributed by atoms with Crippen LogP contribution in [-0.2, 0) is 6.54 Å². The molecule has 0 atom stereocenters. The van der Waals surface area contributed by atoms with Crippen molar-refractivity contribution >= 4 is 16.6 Å². The van der Waals surface area contributed by atoms with Gasteiger partial charge in [-0.3, -0.25) is 0 Å². The summed E-state index contributed by atoms with van der Waals surface area (Å²) in [6.07, 6.45) is 7.18. The van der Waals surface area contributed by atoms with Crippen LogP contribution in [0.5, 0.6) is 0 Å². The summed E-state index contributed by atoms with van der Waals surface area (Å²) < 4.78 is 0. The number of fused-ring (bicyclic) bond motifs is 1. The topological polar surface area (TPSA) is 42.1 Å². The Labute approximate surface area is 114 Å². The van der Waals surface area contributed by atoms with E-state index in [2.05, 4.69) is 34.1 Å². The lowest BCUT2D eigenvalue weighted by molar-refractivity contribution is 0.726. The third kappa shape index (κ3) is 2.43. The van der Waals surface area contributed by atoms with Crippen molar-refractivity contribution in [2.45, 2.75) is 32.2 Å². The summed E-state index contributed by atoms with van der Waals surface area (Å²) in [5.74, 6) is 1.13. The number of nitrogens with two attached hydrogens (primary N) is 1. The first-order chi connectivity index (χ1) is 9.40. The van der Waals surface area contributed by atoms with Crippen LogP contribution >= 0.6 is 0 Å². The summed E-state index contributed by atoms with van der Waals surface area (Å²) in [6.45, 7) is 2.80. The quantitative estimate of drug-likeness (QED) is 0.896. The van der Waals surface area contributed by atoms with Crippen LogP contribution in [0.25, 0.3) is 10.8 Å². The predicted molar refractivity (Wildman–Crippen MR) is 80.3 cm³/mol. The molecule has 1 saturated heterocycles. The molecule has 2 heterocycles. The average Bonchev–Trinajstić information content (AvgIpc) is 2.75. The number of hydrogen-bond acceptors (Lipinski definition) is 3. The van der Waals surface area contributed by atoms with Crippen molar-refractivity contribution in [2.24, 2.45) is 5.73 Å². The van der Waals surface area contributed by atoms with Crippen molar-refractivity contribution < 1.29 is 0 Å². The molecule has 3 nitrogen and oxygen atoms in total. The van der Waals surface area contributed by atoms with Gasteiger partial charge in [0.05, 0.1) is 0 Å². The summed E-state index contributed by atoms with van der Waals surface area (Å²) in [5, 5.41) is 2.49. The Balaban J connectivity index is 2.08. The SMILES string of the molecule is NCc1cnc(N2CCCCCC2)c2ccccc12. The monoisotopic (exact) mass is 255 g/mol. The molecule has 3 rings (SSSR count). The maximum atomic E-state index is 5.82. The van der Waals surface area contributed by atoms with Gasteiger partial charge in [0.25, 0.3) is 0 Å². The number of hydrogen-bond donors (Lipinski definition) is 1. The highest BCUT2D eigenvalue weighted by Crippen LogP contribution is 2.28. The largest absolute Gasteiger partial charge is 0.356 e. The lowest BCUT2D eigenvalue weighted by Crippen LogP contribution is -2.25. The van der Waals surface area contributed by atoms with E-state index < -0.39 is 0 Å². The van der Waals surface area contributed by atoms with Crippen LogP contribution in [0.1, 0.15) is 31.2 Å². The van der Waals surface area contributed by atoms with E-state index in [1.54, 1.807) is 0 Å². The van der Waals surface area contributed by atoms with E-state index in [1.807, 2.05) is 6.20 Å². The second-order valence-corrected chi connectivity index (χ2v) is 5.26. The molecule has 2 aromatic rings. The molecule has 0 bridgehead atoms. The van der Waals surface area contributed by atoms with Gasteiger partial charge in [0.1, 0.15) is 5.82 Å². The van der Waals surface area contributed by atoms with Gasteiger partial charge in [-0.05, 0) is 23.8 Å². The van der Waals surface area contributed by atoms with Crippen LogP contribution in [0.15, 0.2) is 30.5 Å². The molecular weight excluding hydrogens is 234 g/mol. The number of benzene rings is 1. The lowest BCUT2D eigenvalue weighted by atomic mass is 10.1. The molecule has 1 aliphatic heterocycles. The van der Waals surface area contributed by atoms with Gasteiger partial charge in [-0.25, -0.2) is 4.98 Å². The zero-order chi connectivity index (χ0) is 13.1. The lowest BCUT2D eigenvalue weighted by Gasteiger charge is -2.23. The Hall–Kier alpha value is -1.61. The van der Waals surface area contributed by atoms with E-state index in [0.717, 1.165) is 24.5 Å². The van der Waals surface area contributed by atoms with Gasteiger partial charge in [0.15, 0.2) is 0 Å². The van der Waals surface area contributed by atoms with E-state index in [1.165, 1.54) is 36.5 Å². The maximum Gasteiger partial charge on any atom is 0.136 e. The third-order valence-electron chi connectivity index (χ3n) is 3.98. The second kappa shape index (κ2) is 5.57. The minimum Gasteiger partial charge on any atom is -0.356 e. The highest BCUT2D eigenvalue weighted by atomic mass is 15.2.